The van der Waals surface area contributed by atoms with Crippen molar-refractivity contribution < 1.29 is 0 Å². The molecule has 0 fully saturated rings. The molecule has 0 aromatic heterocycles. The second kappa shape index (κ2) is 9.17. The minimum atomic E-state index is 0.457. The average Bonchev–Trinajstić information content (AvgIpc) is 2.66. The minimum absolute atomic E-state index is 0.457. The predicted octanol–water partition coefficient (Wildman–Crippen LogP) is 5.47. The van der Waals surface area contributed by atoms with Crippen molar-refractivity contribution in [3.8, 4) is 0 Å². The summed E-state index contributed by atoms with van der Waals surface area (Å²) in [5.74, 6) is 0. The third-order valence-corrected chi connectivity index (χ3v) is 4.76. The van der Waals surface area contributed by atoms with E-state index in [4.69, 9.17) is 12.2 Å². The maximum Gasteiger partial charge on any atom is 0.191 e. The van der Waals surface area contributed by atoms with E-state index in [0.717, 1.165) is 11.3 Å². The zero-order valence-electron chi connectivity index (χ0n) is 14.3. The fraction of sp³-hybridized carbons (Fsp3) is 0.0476. The van der Waals surface area contributed by atoms with E-state index < -0.39 is 0 Å². The lowest BCUT2D eigenvalue weighted by molar-refractivity contribution is 1.05. The lowest BCUT2D eigenvalue weighted by Crippen LogP contribution is -2.23. The van der Waals surface area contributed by atoms with Gasteiger partial charge in [-0.15, -0.1) is 0 Å². The zero-order valence-corrected chi connectivity index (χ0v) is 16.0. The second-order valence-electron chi connectivity index (χ2n) is 5.67. The van der Waals surface area contributed by atoms with Gasteiger partial charge in [0.05, 0.1) is 6.21 Å². The normalized spacial score (nSPS) is 10.7. The summed E-state index contributed by atoms with van der Waals surface area (Å²) < 4.78 is 0. The molecule has 3 aromatic carbocycles. The van der Waals surface area contributed by atoms with Crippen LogP contribution in [0.15, 0.2) is 93.8 Å². The van der Waals surface area contributed by atoms with E-state index in [0.29, 0.717) is 5.11 Å². The molecule has 0 saturated carbocycles. The van der Waals surface area contributed by atoms with Crippen LogP contribution in [0, 0.1) is 6.92 Å². The largest absolute Gasteiger partial charge is 0.331 e. The first-order chi connectivity index (χ1) is 12.7. The molecule has 26 heavy (non-hydrogen) atoms. The van der Waals surface area contributed by atoms with E-state index in [1.165, 1.54) is 15.4 Å². The summed E-state index contributed by atoms with van der Waals surface area (Å²) in [4.78, 5) is 2.43. The Bertz CT molecular complexity index is 873. The average molecular weight is 378 g/mol. The van der Waals surface area contributed by atoms with Crippen LogP contribution < -0.4 is 10.7 Å². The molecule has 0 heterocycles. The van der Waals surface area contributed by atoms with Gasteiger partial charge in [0, 0.05) is 15.5 Å². The molecule has 0 spiro atoms. The number of nitrogens with zero attached hydrogens (tertiary/aromatic N) is 1. The van der Waals surface area contributed by atoms with Crippen molar-refractivity contribution in [3.05, 3.63) is 90.0 Å². The molecule has 0 unspecified atom stereocenters. The lowest BCUT2D eigenvalue weighted by Gasteiger charge is -2.06. The minimum Gasteiger partial charge on any atom is -0.331 e. The third kappa shape index (κ3) is 5.72. The van der Waals surface area contributed by atoms with Gasteiger partial charge < -0.3 is 5.32 Å². The second-order valence-corrected chi connectivity index (χ2v) is 7.23. The summed E-state index contributed by atoms with van der Waals surface area (Å²) in [6.07, 6.45) is 1.75. The highest BCUT2D eigenvalue weighted by molar-refractivity contribution is 7.99. The van der Waals surface area contributed by atoms with Gasteiger partial charge in [-0.2, -0.15) is 5.10 Å². The van der Waals surface area contributed by atoms with E-state index in [9.17, 15) is 0 Å². The Morgan fingerprint density at radius 2 is 1.50 bits per heavy atom. The lowest BCUT2D eigenvalue weighted by atomic mass is 10.2. The Labute approximate surface area is 163 Å². The SMILES string of the molecule is Cc1ccc(Sc2ccc(/C=N/NC(=S)Nc3ccccc3)cc2)cc1. The molecule has 0 saturated heterocycles. The number of anilines is 1. The third-order valence-electron chi connectivity index (χ3n) is 3.55. The van der Waals surface area contributed by atoms with Crippen LogP contribution in [0.3, 0.4) is 0 Å². The van der Waals surface area contributed by atoms with Crippen LogP contribution in [-0.2, 0) is 0 Å². The van der Waals surface area contributed by atoms with Gasteiger partial charge in [0.15, 0.2) is 5.11 Å². The van der Waals surface area contributed by atoms with Gasteiger partial charge in [-0.25, -0.2) is 0 Å². The standard InChI is InChI=1S/C21H19N3S2/c1-16-7-11-19(12-8-16)26-20-13-9-17(10-14-20)15-22-24-21(25)23-18-5-3-2-4-6-18/h2-15H,1H3,(H2,23,24,25)/b22-15+. The number of aryl methyl sites for hydroxylation is 1. The number of nitrogens with one attached hydrogen (secondary N) is 2. The molecule has 3 rings (SSSR count). The van der Waals surface area contributed by atoms with Crippen LogP contribution in [0.5, 0.6) is 0 Å². The maximum atomic E-state index is 5.21. The van der Waals surface area contributed by atoms with Gasteiger partial charge >= 0.3 is 0 Å². The number of para-hydroxylation sites is 1. The monoisotopic (exact) mass is 377 g/mol. The molecular weight excluding hydrogens is 358 g/mol. The molecule has 0 bridgehead atoms. The van der Waals surface area contributed by atoms with Crippen LogP contribution in [0.2, 0.25) is 0 Å². The van der Waals surface area contributed by atoms with E-state index in [1.807, 2.05) is 42.5 Å². The fourth-order valence-electron chi connectivity index (χ4n) is 2.21. The van der Waals surface area contributed by atoms with Gasteiger partial charge in [0.2, 0.25) is 0 Å². The highest BCUT2D eigenvalue weighted by Crippen LogP contribution is 2.27. The molecule has 0 amide bonds. The van der Waals surface area contributed by atoms with Crippen molar-refractivity contribution in [2.24, 2.45) is 5.10 Å². The van der Waals surface area contributed by atoms with E-state index in [-0.39, 0.29) is 0 Å². The quantitative estimate of drug-likeness (QED) is 0.351. The Hall–Kier alpha value is -2.63. The fourth-order valence-corrected chi connectivity index (χ4v) is 3.20. The number of hydrogen-bond acceptors (Lipinski definition) is 3. The van der Waals surface area contributed by atoms with Crippen molar-refractivity contribution in [2.45, 2.75) is 16.7 Å². The molecule has 130 valence electrons. The molecule has 0 radical (unpaired) electrons. The molecule has 0 aliphatic rings. The Kier molecular flexibility index (Phi) is 6.41. The molecule has 2 N–H and O–H groups in total. The first kappa shape index (κ1) is 18.2. The van der Waals surface area contributed by atoms with E-state index in [1.54, 1.807) is 18.0 Å². The van der Waals surface area contributed by atoms with Crippen molar-refractivity contribution in [1.29, 1.82) is 0 Å². The summed E-state index contributed by atoms with van der Waals surface area (Å²) in [6, 6.07) is 26.5. The van der Waals surface area contributed by atoms with Gasteiger partial charge in [0.1, 0.15) is 0 Å². The maximum absolute atomic E-state index is 5.21. The summed E-state index contributed by atoms with van der Waals surface area (Å²) in [5.41, 5.74) is 6.03. The number of hydrazone groups is 1. The summed E-state index contributed by atoms with van der Waals surface area (Å²) >= 11 is 6.96. The molecule has 0 atom stereocenters. The smallest absolute Gasteiger partial charge is 0.191 e. The Morgan fingerprint density at radius 1 is 0.885 bits per heavy atom. The first-order valence-electron chi connectivity index (χ1n) is 8.19. The van der Waals surface area contributed by atoms with Gasteiger partial charge in [0.25, 0.3) is 0 Å². The van der Waals surface area contributed by atoms with Crippen LogP contribution in [0.1, 0.15) is 11.1 Å². The van der Waals surface area contributed by atoms with Crippen LogP contribution >= 0.6 is 24.0 Å². The van der Waals surface area contributed by atoms with E-state index >= 15 is 0 Å². The van der Waals surface area contributed by atoms with Crippen LogP contribution in [-0.4, -0.2) is 11.3 Å². The molecular formula is C21H19N3S2. The zero-order chi connectivity index (χ0) is 18.2. The van der Waals surface area contributed by atoms with Crippen molar-refractivity contribution in [2.75, 3.05) is 5.32 Å². The predicted molar refractivity (Wildman–Crippen MR) is 115 cm³/mol. The first-order valence-corrected chi connectivity index (χ1v) is 9.41. The number of thiocarbonyl (C=S) groups is 1. The van der Waals surface area contributed by atoms with Gasteiger partial charge in [-0.1, -0.05) is 59.8 Å². The van der Waals surface area contributed by atoms with Crippen molar-refractivity contribution >= 4 is 41.0 Å². The van der Waals surface area contributed by atoms with Crippen molar-refractivity contribution in [1.82, 2.24) is 5.43 Å². The van der Waals surface area contributed by atoms with Crippen molar-refractivity contribution in [3.63, 3.8) is 0 Å². The van der Waals surface area contributed by atoms with Gasteiger partial charge in [-0.05, 0) is 61.1 Å². The van der Waals surface area contributed by atoms with Gasteiger partial charge in [-0.3, -0.25) is 5.43 Å². The topological polar surface area (TPSA) is 36.4 Å². The molecule has 5 heteroatoms. The molecule has 0 aliphatic heterocycles. The van der Waals surface area contributed by atoms with E-state index in [2.05, 4.69) is 59.2 Å². The molecule has 3 aromatic rings. The summed E-state index contributed by atoms with van der Waals surface area (Å²) in [7, 11) is 0. The summed E-state index contributed by atoms with van der Waals surface area (Å²) in [5, 5.41) is 7.70. The Balaban J connectivity index is 1.51. The molecule has 0 aliphatic carbocycles. The highest BCUT2D eigenvalue weighted by atomic mass is 32.2. The summed E-state index contributed by atoms with van der Waals surface area (Å²) in [6.45, 7) is 2.09. The number of rotatable bonds is 5. The Morgan fingerprint density at radius 3 is 2.15 bits per heavy atom. The number of hydrogen-bond donors (Lipinski definition) is 2. The highest BCUT2D eigenvalue weighted by Gasteiger charge is 1.98. The number of benzene rings is 3. The van der Waals surface area contributed by atoms with Crippen LogP contribution in [0.25, 0.3) is 0 Å². The molecule has 3 nitrogen and oxygen atoms in total. The van der Waals surface area contributed by atoms with Crippen LogP contribution in [0.4, 0.5) is 5.69 Å².